The minimum absolute atomic E-state index is 0.125. The zero-order chi connectivity index (χ0) is 21.1. The zero-order valence-electron chi connectivity index (χ0n) is 16.7. The average Bonchev–Trinajstić information content (AvgIpc) is 2.71. The maximum Gasteiger partial charge on any atom is 0.211 e. The normalized spacial score (nSPS) is 11.5. The van der Waals surface area contributed by atoms with Crippen LogP contribution in [0.4, 0.5) is 5.69 Å². The van der Waals surface area contributed by atoms with E-state index in [0.717, 1.165) is 5.56 Å². The van der Waals surface area contributed by atoms with E-state index < -0.39 is 5.60 Å². The molecular formula is C23H24N2O4. The van der Waals surface area contributed by atoms with Gasteiger partial charge >= 0.3 is 0 Å². The molecule has 2 aromatic carbocycles. The predicted octanol–water partition coefficient (Wildman–Crippen LogP) is 3.23. The number of aliphatic hydroxyl groups is 1. The van der Waals surface area contributed by atoms with Crippen LogP contribution in [0.5, 0.6) is 11.5 Å². The van der Waals surface area contributed by atoms with E-state index >= 15 is 0 Å². The standard InChI is InChI=1S/C23H24N2O4/c1-23(2,27)16-29-21-12-11-20(15-22(21)28-3)25-19(13-14-24-17-26)10-9-18-7-5-4-6-8-18/h4-8,11-15,17,27H,16H2,1-3H3,(H,24,26)/b14-13-,25-19?. The van der Waals surface area contributed by atoms with Gasteiger partial charge in [0.15, 0.2) is 11.5 Å². The second-order valence-electron chi connectivity index (χ2n) is 6.67. The molecule has 29 heavy (non-hydrogen) atoms. The first-order chi connectivity index (χ1) is 13.9. The number of benzene rings is 2. The van der Waals surface area contributed by atoms with Crippen molar-refractivity contribution in [3.8, 4) is 23.3 Å². The number of allylic oxidation sites excluding steroid dienone is 1. The number of nitrogens with one attached hydrogen (secondary N) is 1. The van der Waals surface area contributed by atoms with E-state index in [1.54, 1.807) is 38.1 Å². The minimum atomic E-state index is -0.960. The lowest BCUT2D eigenvalue weighted by atomic mass is 10.2. The van der Waals surface area contributed by atoms with E-state index in [4.69, 9.17) is 9.47 Å². The quantitative estimate of drug-likeness (QED) is 0.411. The first-order valence-corrected chi connectivity index (χ1v) is 8.96. The van der Waals surface area contributed by atoms with Crippen LogP contribution in [0.2, 0.25) is 0 Å². The Morgan fingerprint density at radius 2 is 1.97 bits per heavy atom. The molecule has 0 atom stereocenters. The molecule has 1 amide bonds. The number of carbonyl (C=O) groups excluding carboxylic acids is 1. The molecule has 0 aliphatic carbocycles. The number of carbonyl (C=O) groups is 1. The summed E-state index contributed by atoms with van der Waals surface area (Å²) in [7, 11) is 1.53. The molecule has 6 heteroatoms. The highest BCUT2D eigenvalue weighted by atomic mass is 16.5. The van der Waals surface area contributed by atoms with Gasteiger partial charge in [-0.1, -0.05) is 24.1 Å². The van der Waals surface area contributed by atoms with Crippen LogP contribution in [-0.2, 0) is 4.79 Å². The molecule has 0 bridgehead atoms. The van der Waals surface area contributed by atoms with Gasteiger partial charge in [-0.25, -0.2) is 4.99 Å². The lowest BCUT2D eigenvalue weighted by molar-refractivity contribution is -0.108. The van der Waals surface area contributed by atoms with Crippen LogP contribution in [0.15, 0.2) is 65.8 Å². The number of nitrogens with zero attached hydrogens (tertiary/aromatic N) is 1. The highest BCUT2D eigenvalue weighted by Gasteiger charge is 2.15. The Balaban J connectivity index is 2.31. The summed E-state index contributed by atoms with van der Waals surface area (Å²) >= 11 is 0. The van der Waals surface area contributed by atoms with Crippen LogP contribution in [0, 0.1) is 11.8 Å². The Morgan fingerprint density at radius 1 is 1.21 bits per heavy atom. The first-order valence-electron chi connectivity index (χ1n) is 8.96. The van der Waals surface area contributed by atoms with Crippen LogP contribution in [-0.4, -0.2) is 36.5 Å². The summed E-state index contributed by atoms with van der Waals surface area (Å²) in [5.41, 5.74) is 0.948. The lowest BCUT2D eigenvalue weighted by Gasteiger charge is -2.19. The fourth-order valence-electron chi connectivity index (χ4n) is 2.17. The smallest absolute Gasteiger partial charge is 0.211 e. The zero-order valence-corrected chi connectivity index (χ0v) is 16.7. The van der Waals surface area contributed by atoms with Crippen molar-refractivity contribution in [1.29, 1.82) is 0 Å². The number of hydrogen-bond donors (Lipinski definition) is 2. The molecular weight excluding hydrogens is 368 g/mol. The van der Waals surface area contributed by atoms with E-state index in [-0.39, 0.29) is 6.61 Å². The van der Waals surface area contributed by atoms with Crippen molar-refractivity contribution in [2.45, 2.75) is 19.4 Å². The molecule has 0 saturated heterocycles. The molecule has 0 radical (unpaired) electrons. The highest BCUT2D eigenvalue weighted by Crippen LogP contribution is 2.32. The van der Waals surface area contributed by atoms with E-state index in [0.29, 0.717) is 29.3 Å². The molecule has 6 nitrogen and oxygen atoms in total. The van der Waals surface area contributed by atoms with Crippen molar-refractivity contribution in [2.24, 2.45) is 4.99 Å². The van der Waals surface area contributed by atoms with Crippen molar-refractivity contribution in [1.82, 2.24) is 5.32 Å². The van der Waals surface area contributed by atoms with Crippen molar-refractivity contribution >= 4 is 17.8 Å². The van der Waals surface area contributed by atoms with Gasteiger partial charge in [0, 0.05) is 17.8 Å². The number of methoxy groups -OCH3 is 1. The Bertz CT molecular complexity index is 933. The number of amides is 1. The number of aliphatic imine (C=N–C) groups is 1. The second-order valence-corrected chi connectivity index (χ2v) is 6.67. The summed E-state index contributed by atoms with van der Waals surface area (Å²) < 4.78 is 11.0. The largest absolute Gasteiger partial charge is 0.493 e. The molecule has 0 saturated carbocycles. The molecule has 0 aromatic heterocycles. The summed E-state index contributed by atoms with van der Waals surface area (Å²) in [6.07, 6.45) is 3.63. The third-order valence-electron chi connectivity index (χ3n) is 3.49. The Morgan fingerprint density at radius 3 is 2.62 bits per heavy atom. The fourth-order valence-corrected chi connectivity index (χ4v) is 2.17. The molecule has 0 aliphatic rings. The predicted molar refractivity (Wildman–Crippen MR) is 114 cm³/mol. The van der Waals surface area contributed by atoms with E-state index in [1.165, 1.54) is 13.3 Å². The molecule has 150 valence electrons. The van der Waals surface area contributed by atoms with Gasteiger partial charge in [-0.05, 0) is 50.1 Å². The molecule has 0 heterocycles. The van der Waals surface area contributed by atoms with Crippen LogP contribution < -0.4 is 14.8 Å². The SMILES string of the molecule is COc1cc(N=C(C#Cc2ccccc2)/C=C\NC=O)ccc1OCC(C)(C)O. The molecule has 2 N–H and O–H groups in total. The lowest BCUT2D eigenvalue weighted by Crippen LogP contribution is -2.27. The summed E-state index contributed by atoms with van der Waals surface area (Å²) in [5, 5.41) is 12.3. The van der Waals surface area contributed by atoms with Crippen LogP contribution in [0.3, 0.4) is 0 Å². The van der Waals surface area contributed by atoms with E-state index in [9.17, 15) is 9.90 Å². The summed E-state index contributed by atoms with van der Waals surface area (Å²) in [4.78, 5) is 15.0. The van der Waals surface area contributed by atoms with E-state index in [1.807, 2.05) is 30.3 Å². The van der Waals surface area contributed by atoms with Gasteiger partial charge in [0.25, 0.3) is 0 Å². The monoisotopic (exact) mass is 392 g/mol. The van der Waals surface area contributed by atoms with Gasteiger partial charge in [-0.15, -0.1) is 0 Å². The van der Waals surface area contributed by atoms with Crippen LogP contribution in [0.1, 0.15) is 19.4 Å². The third kappa shape index (κ3) is 7.91. The van der Waals surface area contributed by atoms with E-state index in [2.05, 4.69) is 22.2 Å². The first kappa shape index (κ1) is 21.7. The fraction of sp³-hybridized carbons (Fsp3) is 0.217. The average molecular weight is 392 g/mol. The number of ether oxygens (including phenoxy) is 2. The molecule has 0 aliphatic heterocycles. The number of hydrogen-bond acceptors (Lipinski definition) is 5. The maximum absolute atomic E-state index is 10.5. The van der Waals surface area contributed by atoms with Crippen LogP contribution >= 0.6 is 0 Å². The Labute approximate surface area is 170 Å². The van der Waals surface area contributed by atoms with Gasteiger partial charge in [-0.2, -0.15) is 0 Å². The van der Waals surface area contributed by atoms with Crippen molar-refractivity contribution in [2.75, 3.05) is 13.7 Å². The molecule has 0 unspecified atom stereocenters. The molecule has 0 fully saturated rings. The molecule has 0 spiro atoms. The Kier molecular flexibility index (Phi) is 8.01. The molecule has 2 rings (SSSR count). The third-order valence-corrected chi connectivity index (χ3v) is 3.49. The van der Waals surface area contributed by atoms with Crippen LogP contribution in [0.25, 0.3) is 0 Å². The summed E-state index contributed by atoms with van der Waals surface area (Å²) in [5.74, 6) is 7.02. The van der Waals surface area contributed by atoms with Gasteiger partial charge in [-0.3, -0.25) is 4.79 Å². The summed E-state index contributed by atoms with van der Waals surface area (Å²) in [6.45, 7) is 3.45. The van der Waals surface area contributed by atoms with Crippen molar-refractivity contribution < 1.29 is 19.4 Å². The van der Waals surface area contributed by atoms with Crippen molar-refractivity contribution in [3.63, 3.8) is 0 Å². The van der Waals surface area contributed by atoms with Gasteiger partial charge in [0.1, 0.15) is 12.3 Å². The number of rotatable bonds is 8. The second kappa shape index (κ2) is 10.7. The van der Waals surface area contributed by atoms with Crippen molar-refractivity contribution in [3.05, 3.63) is 66.4 Å². The topological polar surface area (TPSA) is 80.2 Å². The maximum atomic E-state index is 10.5. The molecule has 2 aromatic rings. The summed E-state index contributed by atoms with van der Waals surface area (Å²) in [6, 6.07) is 14.7. The highest BCUT2D eigenvalue weighted by molar-refractivity contribution is 6.10. The van der Waals surface area contributed by atoms with Gasteiger partial charge < -0.3 is 19.9 Å². The van der Waals surface area contributed by atoms with Gasteiger partial charge in [0.2, 0.25) is 6.41 Å². The Hall–Kier alpha value is -3.56. The van der Waals surface area contributed by atoms with Gasteiger partial charge in [0.05, 0.1) is 18.4 Å². The minimum Gasteiger partial charge on any atom is -0.493 e.